The number of barbiturate groups is 1. The molecule has 1 rings (SSSR count). The van der Waals surface area contributed by atoms with E-state index in [0.29, 0.717) is 0 Å². The third kappa shape index (κ3) is 4.22. The van der Waals surface area contributed by atoms with Crippen molar-refractivity contribution in [1.82, 2.24) is 10.6 Å². The van der Waals surface area contributed by atoms with Gasteiger partial charge in [-0.2, -0.15) is 0 Å². The monoisotopic (exact) mass is 214 g/mol. The van der Waals surface area contributed by atoms with Gasteiger partial charge in [0.1, 0.15) is 0 Å². The average molecular weight is 214 g/mol. The normalized spacial score (nSPS) is 13.1. The molecule has 1 aliphatic heterocycles. The third-order valence-corrected chi connectivity index (χ3v) is 0.867. The summed E-state index contributed by atoms with van der Waals surface area (Å²) in [5.41, 5.74) is 0. The maximum Gasteiger partial charge on any atom is 0.328 e. The zero-order valence-corrected chi connectivity index (χ0v) is 6.63. The molecule has 1 fully saturated rings. The first-order chi connectivity index (χ1) is 4.61. The van der Waals surface area contributed by atoms with E-state index in [1.807, 2.05) is 0 Å². The van der Waals surface area contributed by atoms with E-state index in [4.69, 9.17) is 0 Å². The molecule has 4 amide bonds. The van der Waals surface area contributed by atoms with Crippen molar-refractivity contribution in [2.75, 3.05) is 0 Å². The lowest BCUT2D eigenvalue weighted by molar-refractivity contribution is -0.146. The largest absolute Gasteiger partial charge is 0.412 e. The Labute approximate surface area is 76.5 Å². The molecular weight excluding hydrogens is 204 g/mol. The second-order valence-corrected chi connectivity index (χ2v) is 1.57. The van der Waals surface area contributed by atoms with E-state index in [2.05, 4.69) is 0 Å². The molecule has 84 valence electrons. The third-order valence-electron chi connectivity index (χ3n) is 0.867. The highest BCUT2D eigenvalue weighted by Crippen LogP contribution is 1.81. The highest BCUT2D eigenvalue weighted by Gasteiger charge is 2.31. The second-order valence-electron chi connectivity index (χ2n) is 1.57. The summed E-state index contributed by atoms with van der Waals surface area (Å²) in [6.45, 7) is 0. The number of ketones is 1. The van der Waals surface area contributed by atoms with Crippen LogP contribution in [0.1, 0.15) is 0 Å². The van der Waals surface area contributed by atoms with E-state index in [-0.39, 0.29) is 21.9 Å². The van der Waals surface area contributed by atoms with Crippen LogP contribution in [0.5, 0.6) is 0 Å². The Morgan fingerprint density at radius 2 is 0.929 bits per heavy atom. The first kappa shape index (κ1) is 22.7. The molecule has 0 aliphatic carbocycles. The minimum atomic E-state index is -1.25. The number of nitrogens with one attached hydrogen (secondary N) is 2. The summed E-state index contributed by atoms with van der Waals surface area (Å²) >= 11 is 0. The van der Waals surface area contributed by atoms with Crippen LogP contribution >= 0.6 is 0 Å². The van der Waals surface area contributed by atoms with Crippen LogP contribution in [0.4, 0.5) is 4.79 Å². The minimum absolute atomic E-state index is 0. The number of rotatable bonds is 0. The van der Waals surface area contributed by atoms with Crippen molar-refractivity contribution in [2.24, 2.45) is 0 Å². The van der Waals surface area contributed by atoms with Crippen LogP contribution < -0.4 is 10.6 Å². The van der Waals surface area contributed by atoms with Gasteiger partial charge < -0.3 is 21.9 Å². The molecule has 1 saturated heterocycles. The van der Waals surface area contributed by atoms with Crippen molar-refractivity contribution >= 4 is 23.6 Å². The minimum Gasteiger partial charge on any atom is -0.412 e. The molecule has 10 N–H and O–H groups in total. The van der Waals surface area contributed by atoms with Crippen LogP contribution in [0, 0.1) is 0 Å². The predicted molar refractivity (Wildman–Crippen MR) is 41.1 cm³/mol. The Kier molecular flexibility index (Phi) is 12.6. The van der Waals surface area contributed by atoms with Gasteiger partial charge in [-0.05, 0) is 0 Å². The van der Waals surface area contributed by atoms with Crippen LogP contribution in [0.25, 0.3) is 0 Å². The van der Waals surface area contributed by atoms with Gasteiger partial charge in [-0.15, -0.1) is 0 Å². The second kappa shape index (κ2) is 7.75. The Hall–Kier alpha value is -1.88. The molecule has 0 aromatic heterocycles. The van der Waals surface area contributed by atoms with Crippen LogP contribution in [0.3, 0.4) is 0 Å². The molecule has 0 bridgehead atoms. The number of Topliss-reactive ketones (excluding diaryl/α,β-unsaturated/α-hetero) is 1. The summed E-state index contributed by atoms with van der Waals surface area (Å²) in [4.78, 5) is 41.1. The summed E-state index contributed by atoms with van der Waals surface area (Å²) in [6, 6.07) is -0.963. The molecule has 14 heavy (non-hydrogen) atoms. The van der Waals surface area contributed by atoms with Crippen LogP contribution in [0.2, 0.25) is 0 Å². The molecule has 0 atom stereocenters. The summed E-state index contributed by atoms with van der Waals surface area (Å²) in [5, 5.41) is 3.20. The summed E-state index contributed by atoms with van der Waals surface area (Å²) in [7, 11) is 0. The number of carbonyl (C=O) groups excluding carboxylic acids is 4. The molecule has 0 saturated carbocycles. The average Bonchev–Trinajstić information content (AvgIpc) is 1.82. The zero-order chi connectivity index (χ0) is 7.72. The lowest BCUT2D eigenvalue weighted by Gasteiger charge is -2.07. The maximum atomic E-state index is 10.3. The van der Waals surface area contributed by atoms with Crippen molar-refractivity contribution in [3.05, 3.63) is 0 Å². The Morgan fingerprint density at radius 3 is 1.21 bits per heavy atom. The zero-order valence-electron chi connectivity index (χ0n) is 6.63. The molecule has 0 aromatic rings. The van der Waals surface area contributed by atoms with Gasteiger partial charge in [0.25, 0.3) is 0 Å². The number of amides is 4. The van der Waals surface area contributed by atoms with Gasteiger partial charge in [0, 0.05) is 0 Å². The Balaban J connectivity index is -0.000000125. The van der Waals surface area contributed by atoms with Gasteiger partial charge in [0.15, 0.2) is 0 Å². The lowest BCUT2D eigenvalue weighted by atomic mass is 10.3. The van der Waals surface area contributed by atoms with Crippen LogP contribution in [-0.2, 0) is 14.4 Å². The Morgan fingerprint density at radius 1 is 0.643 bits per heavy atom. The van der Waals surface area contributed by atoms with Gasteiger partial charge in [0.05, 0.1) is 0 Å². The van der Waals surface area contributed by atoms with Gasteiger partial charge in [-0.25, -0.2) is 4.79 Å². The fourth-order valence-corrected chi connectivity index (χ4v) is 0.454. The van der Waals surface area contributed by atoms with Crippen molar-refractivity contribution in [1.29, 1.82) is 0 Å². The fraction of sp³-hybridized carbons (Fsp3) is 0. The highest BCUT2D eigenvalue weighted by atomic mass is 16.2. The number of imide groups is 2. The number of carbonyl (C=O) groups is 4. The summed E-state index contributed by atoms with van der Waals surface area (Å²) < 4.78 is 0. The predicted octanol–water partition coefficient (Wildman–Crippen LogP) is -5.38. The fourth-order valence-electron chi connectivity index (χ4n) is 0.454. The number of hydrogen-bond acceptors (Lipinski definition) is 4. The van der Waals surface area contributed by atoms with E-state index < -0.39 is 23.6 Å². The molecule has 0 spiro atoms. The van der Waals surface area contributed by atoms with Crippen molar-refractivity contribution in [3.8, 4) is 0 Å². The molecule has 1 heterocycles. The van der Waals surface area contributed by atoms with Gasteiger partial charge in [0.2, 0.25) is 0 Å². The van der Waals surface area contributed by atoms with Gasteiger partial charge in [-0.1, -0.05) is 0 Å². The lowest BCUT2D eigenvalue weighted by Crippen LogP contribution is -2.56. The molecule has 1 aliphatic rings. The first-order valence-corrected chi connectivity index (χ1v) is 2.32. The molecule has 10 heteroatoms. The van der Waals surface area contributed by atoms with E-state index in [1.165, 1.54) is 0 Å². The standard InChI is InChI=1S/C4H2N2O4.4H2O/c7-1-2(8)5-4(10)6-3(1)9;;;;/h(H2,5,6,8,9,10);4*1H2. The van der Waals surface area contributed by atoms with Crippen molar-refractivity contribution < 1.29 is 41.1 Å². The summed E-state index contributed by atoms with van der Waals surface area (Å²) in [5.74, 6) is -3.62. The van der Waals surface area contributed by atoms with E-state index in [0.717, 1.165) is 0 Å². The highest BCUT2D eigenvalue weighted by molar-refractivity contribution is 6.66. The maximum absolute atomic E-state index is 10.3. The topological polar surface area (TPSA) is 218 Å². The van der Waals surface area contributed by atoms with Crippen molar-refractivity contribution in [2.45, 2.75) is 0 Å². The van der Waals surface area contributed by atoms with Gasteiger partial charge >= 0.3 is 23.6 Å². The van der Waals surface area contributed by atoms with Gasteiger partial charge in [-0.3, -0.25) is 25.0 Å². The van der Waals surface area contributed by atoms with Crippen molar-refractivity contribution in [3.63, 3.8) is 0 Å². The van der Waals surface area contributed by atoms with Crippen LogP contribution in [-0.4, -0.2) is 45.5 Å². The molecule has 0 unspecified atom stereocenters. The van der Waals surface area contributed by atoms with E-state index in [9.17, 15) is 19.2 Å². The molecule has 0 aromatic carbocycles. The molecule has 0 radical (unpaired) electrons. The first-order valence-electron chi connectivity index (χ1n) is 2.32. The quantitative estimate of drug-likeness (QED) is 0.376. The SMILES string of the molecule is O.O.O.O.O=C1NC(=O)C(=O)C(=O)N1. The number of urea groups is 1. The molecule has 10 nitrogen and oxygen atoms in total. The van der Waals surface area contributed by atoms with Crippen LogP contribution in [0.15, 0.2) is 0 Å². The Bertz CT molecular complexity index is 226. The van der Waals surface area contributed by atoms with E-state index in [1.54, 1.807) is 10.6 Å². The number of hydrogen-bond donors (Lipinski definition) is 2. The molecular formula is C4H10N2O8. The summed E-state index contributed by atoms with van der Waals surface area (Å²) in [6.07, 6.45) is 0. The smallest absolute Gasteiger partial charge is 0.328 e. The van der Waals surface area contributed by atoms with E-state index >= 15 is 0 Å².